The summed E-state index contributed by atoms with van der Waals surface area (Å²) < 4.78 is 5.14. The van der Waals surface area contributed by atoms with E-state index in [4.69, 9.17) is 9.84 Å². The summed E-state index contributed by atoms with van der Waals surface area (Å²) in [7, 11) is 0. The molecule has 9 heavy (non-hydrogen) atoms. The van der Waals surface area contributed by atoms with Gasteiger partial charge in [0.1, 0.15) is 0 Å². The second kappa shape index (κ2) is 3.85. The van der Waals surface area contributed by atoms with Gasteiger partial charge in [-0.15, -0.1) is 0 Å². The Hall–Kier alpha value is -0.0800. The highest BCUT2D eigenvalue weighted by Gasteiger charge is 2.12. The molecule has 1 aliphatic rings. The molecule has 0 amide bonds. The molecule has 0 aromatic carbocycles. The first-order valence-electron chi connectivity index (χ1n) is 3.45. The van der Waals surface area contributed by atoms with Gasteiger partial charge in [-0.25, -0.2) is 0 Å². The first-order valence-corrected chi connectivity index (χ1v) is 3.45. The van der Waals surface area contributed by atoms with Gasteiger partial charge in [-0.2, -0.15) is 0 Å². The molecule has 0 bridgehead atoms. The van der Waals surface area contributed by atoms with Crippen LogP contribution in [-0.2, 0) is 4.74 Å². The van der Waals surface area contributed by atoms with E-state index in [0.717, 1.165) is 26.1 Å². The van der Waals surface area contributed by atoms with E-state index < -0.39 is 0 Å². The van der Waals surface area contributed by atoms with E-state index in [-0.39, 0.29) is 6.61 Å². The first kappa shape index (κ1) is 7.03. The van der Waals surface area contributed by atoms with E-state index in [2.05, 4.69) is 0 Å². The van der Waals surface area contributed by atoms with Gasteiger partial charge in [-0.1, -0.05) is 0 Å². The highest BCUT2D eigenvalue weighted by atomic mass is 16.5. The van der Waals surface area contributed by atoms with Gasteiger partial charge in [-0.05, 0) is 25.2 Å². The minimum Gasteiger partial charge on any atom is -0.396 e. The highest BCUT2D eigenvalue weighted by molar-refractivity contribution is 4.76. The zero-order valence-corrected chi connectivity index (χ0v) is 5.55. The summed E-state index contributed by atoms with van der Waals surface area (Å²) in [5.41, 5.74) is 0. The lowest BCUT2D eigenvalue weighted by Crippen LogP contribution is -2.16. The zero-order valence-electron chi connectivity index (χ0n) is 5.55. The maximum Gasteiger partial charge on any atom is 0.0468 e. The molecule has 0 saturated carbocycles. The molecule has 1 N–H and O–H groups in total. The summed E-state index contributed by atoms with van der Waals surface area (Å²) >= 11 is 0. The van der Waals surface area contributed by atoms with Crippen molar-refractivity contribution in [1.82, 2.24) is 0 Å². The predicted molar refractivity (Wildman–Crippen MR) is 34.9 cm³/mol. The number of ether oxygens (including phenoxy) is 1. The Morgan fingerprint density at radius 2 is 2.11 bits per heavy atom. The van der Waals surface area contributed by atoms with Gasteiger partial charge in [0.15, 0.2) is 0 Å². The molecule has 1 radical (unpaired) electrons. The molecule has 1 rings (SSSR count). The summed E-state index contributed by atoms with van der Waals surface area (Å²) in [6, 6.07) is 0. The topological polar surface area (TPSA) is 29.5 Å². The number of rotatable bonds is 2. The smallest absolute Gasteiger partial charge is 0.0468 e. The molecule has 0 unspecified atom stereocenters. The van der Waals surface area contributed by atoms with Gasteiger partial charge in [0.2, 0.25) is 0 Å². The van der Waals surface area contributed by atoms with Crippen molar-refractivity contribution in [3.63, 3.8) is 0 Å². The third-order valence-electron chi connectivity index (χ3n) is 1.70. The van der Waals surface area contributed by atoms with Crippen LogP contribution >= 0.6 is 0 Å². The molecular weight excluding hydrogens is 116 g/mol. The van der Waals surface area contributed by atoms with Gasteiger partial charge in [0, 0.05) is 19.8 Å². The van der Waals surface area contributed by atoms with Crippen molar-refractivity contribution in [1.29, 1.82) is 0 Å². The second-order valence-corrected chi connectivity index (χ2v) is 2.37. The van der Waals surface area contributed by atoms with Crippen molar-refractivity contribution in [3.8, 4) is 0 Å². The van der Waals surface area contributed by atoms with Gasteiger partial charge >= 0.3 is 0 Å². The molecule has 0 spiro atoms. The molecule has 2 nitrogen and oxygen atoms in total. The van der Waals surface area contributed by atoms with Crippen molar-refractivity contribution >= 4 is 0 Å². The average Bonchev–Trinajstić information content (AvgIpc) is 1.91. The average molecular weight is 129 g/mol. The third kappa shape index (κ3) is 2.33. The zero-order chi connectivity index (χ0) is 6.53. The van der Waals surface area contributed by atoms with Crippen LogP contribution in [0, 0.1) is 12.3 Å². The molecule has 1 saturated heterocycles. The Kier molecular flexibility index (Phi) is 3.01. The van der Waals surface area contributed by atoms with Crippen LogP contribution in [-0.4, -0.2) is 24.9 Å². The molecule has 0 atom stereocenters. The number of aliphatic hydroxyl groups is 1. The van der Waals surface area contributed by atoms with Gasteiger partial charge < -0.3 is 9.84 Å². The van der Waals surface area contributed by atoms with Crippen LogP contribution in [0.5, 0.6) is 0 Å². The summed E-state index contributed by atoms with van der Waals surface area (Å²) in [4.78, 5) is 0. The molecule has 1 heterocycles. The van der Waals surface area contributed by atoms with Gasteiger partial charge in [0.05, 0.1) is 0 Å². The maximum atomic E-state index is 8.52. The van der Waals surface area contributed by atoms with Crippen LogP contribution in [0.4, 0.5) is 0 Å². The van der Waals surface area contributed by atoms with Crippen LogP contribution in [0.1, 0.15) is 12.8 Å². The number of hydrogen-bond acceptors (Lipinski definition) is 2. The lowest BCUT2D eigenvalue weighted by Gasteiger charge is -2.20. The van der Waals surface area contributed by atoms with Gasteiger partial charge in [0.25, 0.3) is 0 Å². The number of hydrogen-bond donors (Lipinski definition) is 1. The van der Waals surface area contributed by atoms with Crippen molar-refractivity contribution in [2.24, 2.45) is 5.92 Å². The van der Waals surface area contributed by atoms with Crippen LogP contribution in [0.15, 0.2) is 0 Å². The standard InChI is InChI=1S/C7H13O2/c8-4-1-7-2-5-9-6-3-7/h1,7-8H,2-6H2. The highest BCUT2D eigenvalue weighted by Crippen LogP contribution is 2.16. The lowest BCUT2D eigenvalue weighted by molar-refractivity contribution is 0.0716. The third-order valence-corrected chi connectivity index (χ3v) is 1.70. The molecule has 1 aliphatic heterocycles. The van der Waals surface area contributed by atoms with E-state index in [1.165, 1.54) is 0 Å². The molecular formula is C7H13O2. The monoisotopic (exact) mass is 129 g/mol. The SMILES string of the molecule is OC[CH]C1CCOCC1. The van der Waals surface area contributed by atoms with Crippen molar-refractivity contribution < 1.29 is 9.84 Å². The Bertz CT molecular complexity index is 64.6. The minimum atomic E-state index is 0.213. The van der Waals surface area contributed by atoms with Crippen LogP contribution < -0.4 is 0 Å². The Balaban J connectivity index is 2.08. The summed E-state index contributed by atoms with van der Waals surface area (Å²) in [6.45, 7) is 1.94. The van der Waals surface area contributed by atoms with Crippen LogP contribution in [0.25, 0.3) is 0 Å². The van der Waals surface area contributed by atoms with Crippen LogP contribution in [0.3, 0.4) is 0 Å². The molecule has 53 valence electrons. The molecule has 0 aromatic heterocycles. The fourth-order valence-corrected chi connectivity index (χ4v) is 1.10. The summed E-state index contributed by atoms with van der Waals surface area (Å²) in [5, 5.41) is 8.52. The largest absolute Gasteiger partial charge is 0.396 e. The van der Waals surface area contributed by atoms with Crippen molar-refractivity contribution in [2.45, 2.75) is 12.8 Å². The van der Waals surface area contributed by atoms with E-state index in [1.54, 1.807) is 0 Å². The minimum absolute atomic E-state index is 0.213. The van der Waals surface area contributed by atoms with E-state index in [1.807, 2.05) is 6.42 Å². The Labute approximate surface area is 55.8 Å². The summed E-state index contributed by atoms with van der Waals surface area (Å²) in [6.07, 6.45) is 4.13. The van der Waals surface area contributed by atoms with Crippen LogP contribution in [0.2, 0.25) is 0 Å². The van der Waals surface area contributed by atoms with Crippen molar-refractivity contribution in [3.05, 3.63) is 6.42 Å². The Morgan fingerprint density at radius 1 is 1.44 bits per heavy atom. The lowest BCUT2D eigenvalue weighted by atomic mass is 9.97. The molecule has 0 aromatic rings. The number of aliphatic hydroxyl groups excluding tert-OH is 1. The van der Waals surface area contributed by atoms with E-state index in [9.17, 15) is 0 Å². The summed E-state index contributed by atoms with van der Waals surface area (Å²) in [5.74, 6) is 0.601. The normalized spacial score (nSPS) is 22.3. The van der Waals surface area contributed by atoms with Crippen molar-refractivity contribution in [2.75, 3.05) is 19.8 Å². The fraction of sp³-hybridized carbons (Fsp3) is 0.857. The molecule has 2 heteroatoms. The predicted octanol–water partition coefficient (Wildman–Crippen LogP) is 0.610. The molecule has 0 aliphatic carbocycles. The fourth-order valence-electron chi connectivity index (χ4n) is 1.10. The Morgan fingerprint density at radius 3 is 2.67 bits per heavy atom. The van der Waals surface area contributed by atoms with E-state index in [0.29, 0.717) is 5.92 Å². The van der Waals surface area contributed by atoms with Gasteiger partial charge in [-0.3, -0.25) is 0 Å². The van der Waals surface area contributed by atoms with E-state index >= 15 is 0 Å². The first-order chi connectivity index (χ1) is 4.43. The molecule has 1 fully saturated rings. The second-order valence-electron chi connectivity index (χ2n) is 2.37. The maximum absolute atomic E-state index is 8.52. The quantitative estimate of drug-likeness (QED) is 0.592.